The van der Waals surface area contributed by atoms with E-state index in [2.05, 4.69) is 18.7 Å². The predicted octanol–water partition coefficient (Wildman–Crippen LogP) is 3.10. The van der Waals surface area contributed by atoms with Crippen molar-refractivity contribution in [1.82, 2.24) is 0 Å². The topological polar surface area (TPSA) is 18.5 Å². The summed E-state index contributed by atoms with van der Waals surface area (Å²) in [5, 5.41) is 0. The van der Waals surface area contributed by atoms with Gasteiger partial charge in [0.15, 0.2) is 0 Å². The van der Waals surface area contributed by atoms with Gasteiger partial charge in [-0.2, -0.15) is 0 Å². The van der Waals surface area contributed by atoms with E-state index in [0.717, 1.165) is 12.2 Å². The fourth-order valence-corrected chi connectivity index (χ4v) is 1.81. The first-order valence-electron chi connectivity index (χ1n) is 5.18. The van der Waals surface area contributed by atoms with Crippen LogP contribution in [0.3, 0.4) is 0 Å². The molecule has 0 amide bonds. The molecule has 1 aliphatic rings. The van der Waals surface area contributed by atoms with Gasteiger partial charge in [0, 0.05) is 6.42 Å². The zero-order valence-corrected chi connectivity index (χ0v) is 9.19. The summed E-state index contributed by atoms with van der Waals surface area (Å²) >= 11 is 0. The molecule has 2 atom stereocenters. The van der Waals surface area contributed by atoms with E-state index >= 15 is 0 Å². The molecule has 1 fully saturated rings. The van der Waals surface area contributed by atoms with Gasteiger partial charge in [-0.15, -0.1) is 0 Å². The molecule has 15 heavy (non-hydrogen) atoms. The fourth-order valence-electron chi connectivity index (χ4n) is 1.81. The maximum Gasteiger partial charge on any atom is 0.118 e. The number of rotatable bonds is 2. The molecule has 1 saturated heterocycles. The minimum absolute atomic E-state index is 0.165. The monoisotopic (exact) mass is 204 g/mol. The van der Waals surface area contributed by atoms with E-state index in [-0.39, 0.29) is 12.2 Å². The summed E-state index contributed by atoms with van der Waals surface area (Å²) in [6.07, 6.45) is 1.27. The van der Waals surface area contributed by atoms with Crippen molar-refractivity contribution < 1.29 is 9.47 Å². The summed E-state index contributed by atoms with van der Waals surface area (Å²) in [6, 6.07) is 8.03. The third-order valence-corrected chi connectivity index (χ3v) is 2.88. The Kier molecular flexibility index (Phi) is 2.78. The van der Waals surface area contributed by atoms with Crippen molar-refractivity contribution >= 4 is 0 Å². The average molecular weight is 204 g/mol. The first kappa shape index (κ1) is 10.2. The molecule has 2 rings (SSSR count). The van der Waals surface area contributed by atoms with Crippen LogP contribution >= 0.6 is 0 Å². The molecule has 0 aliphatic carbocycles. The molecular formula is C13H16O2. The van der Waals surface area contributed by atoms with Gasteiger partial charge in [0.2, 0.25) is 0 Å². The Hall–Kier alpha value is -1.28. The molecule has 1 heterocycles. The average Bonchev–Trinajstić information content (AvgIpc) is 2.59. The van der Waals surface area contributed by atoms with Crippen LogP contribution < -0.4 is 4.74 Å². The fraction of sp³-hybridized carbons (Fsp3) is 0.385. The molecule has 2 nitrogen and oxygen atoms in total. The van der Waals surface area contributed by atoms with E-state index in [9.17, 15) is 0 Å². The zero-order valence-electron chi connectivity index (χ0n) is 9.19. The lowest BCUT2D eigenvalue weighted by molar-refractivity contribution is 0.0622. The Morgan fingerprint density at radius 3 is 2.47 bits per heavy atom. The smallest absolute Gasteiger partial charge is 0.118 e. The van der Waals surface area contributed by atoms with Crippen LogP contribution in [0.25, 0.3) is 0 Å². The Labute approximate surface area is 90.5 Å². The van der Waals surface area contributed by atoms with Crippen LogP contribution in [0.15, 0.2) is 36.4 Å². The normalized spacial score (nSPS) is 25.6. The molecule has 0 saturated carbocycles. The number of methoxy groups -OCH3 is 1. The van der Waals surface area contributed by atoms with E-state index in [1.807, 2.05) is 19.1 Å². The highest BCUT2D eigenvalue weighted by molar-refractivity contribution is 5.30. The Balaban J connectivity index is 2.13. The van der Waals surface area contributed by atoms with Crippen molar-refractivity contribution in [3.63, 3.8) is 0 Å². The summed E-state index contributed by atoms with van der Waals surface area (Å²) in [5.41, 5.74) is 2.37. The highest BCUT2D eigenvalue weighted by Crippen LogP contribution is 2.35. The summed E-state index contributed by atoms with van der Waals surface area (Å²) in [7, 11) is 1.67. The SMILES string of the molecule is C=C1C[C@H](c2ccc(OC)cc2)O[C@@H]1C. The molecule has 1 aliphatic heterocycles. The van der Waals surface area contributed by atoms with E-state index in [4.69, 9.17) is 9.47 Å². The second-order valence-corrected chi connectivity index (χ2v) is 3.90. The molecule has 0 unspecified atom stereocenters. The lowest BCUT2D eigenvalue weighted by Crippen LogP contribution is -2.01. The van der Waals surface area contributed by atoms with Crippen LogP contribution in [-0.2, 0) is 4.74 Å². The molecule has 2 heteroatoms. The van der Waals surface area contributed by atoms with Crippen LogP contribution in [0, 0.1) is 0 Å². The van der Waals surface area contributed by atoms with E-state index in [0.29, 0.717) is 0 Å². The lowest BCUT2D eigenvalue weighted by atomic mass is 10.0. The van der Waals surface area contributed by atoms with E-state index < -0.39 is 0 Å². The third kappa shape index (κ3) is 2.05. The molecule has 0 aromatic heterocycles. The molecule has 0 spiro atoms. The van der Waals surface area contributed by atoms with Crippen LogP contribution in [0.5, 0.6) is 5.75 Å². The van der Waals surface area contributed by atoms with E-state index in [1.165, 1.54) is 11.1 Å². The number of benzene rings is 1. The number of ether oxygens (including phenoxy) is 2. The van der Waals surface area contributed by atoms with Gasteiger partial charge in [0.05, 0.1) is 19.3 Å². The van der Waals surface area contributed by atoms with Crippen LogP contribution in [0.2, 0.25) is 0 Å². The Morgan fingerprint density at radius 2 is 2.00 bits per heavy atom. The van der Waals surface area contributed by atoms with Gasteiger partial charge in [-0.1, -0.05) is 18.7 Å². The van der Waals surface area contributed by atoms with Crippen molar-refractivity contribution in [2.75, 3.05) is 7.11 Å². The molecule has 0 radical (unpaired) electrons. The van der Waals surface area contributed by atoms with Gasteiger partial charge in [0.25, 0.3) is 0 Å². The Bertz CT molecular complexity index is 353. The Morgan fingerprint density at radius 1 is 1.33 bits per heavy atom. The van der Waals surface area contributed by atoms with Gasteiger partial charge >= 0.3 is 0 Å². The molecule has 1 aromatic rings. The van der Waals surface area contributed by atoms with E-state index in [1.54, 1.807) is 7.11 Å². The van der Waals surface area contributed by atoms with Gasteiger partial charge in [-0.3, -0.25) is 0 Å². The minimum Gasteiger partial charge on any atom is -0.497 e. The minimum atomic E-state index is 0.165. The van der Waals surface area contributed by atoms with Crippen molar-refractivity contribution in [3.8, 4) is 5.75 Å². The van der Waals surface area contributed by atoms with Crippen molar-refractivity contribution in [2.24, 2.45) is 0 Å². The van der Waals surface area contributed by atoms with Crippen LogP contribution in [0.1, 0.15) is 25.0 Å². The van der Waals surface area contributed by atoms with Crippen LogP contribution in [-0.4, -0.2) is 13.2 Å². The third-order valence-electron chi connectivity index (χ3n) is 2.88. The van der Waals surface area contributed by atoms with Gasteiger partial charge < -0.3 is 9.47 Å². The van der Waals surface area contributed by atoms with Gasteiger partial charge in [-0.25, -0.2) is 0 Å². The van der Waals surface area contributed by atoms with Crippen LogP contribution in [0.4, 0.5) is 0 Å². The lowest BCUT2D eigenvalue weighted by Gasteiger charge is -2.11. The highest BCUT2D eigenvalue weighted by Gasteiger charge is 2.26. The maximum absolute atomic E-state index is 5.79. The van der Waals surface area contributed by atoms with Gasteiger partial charge in [0.1, 0.15) is 5.75 Å². The standard InChI is InChI=1S/C13H16O2/c1-9-8-13(15-10(9)2)11-4-6-12(14-3)7-5-11/h4-7,10,13H,1,8H2,2-3H3/t10-,13-/m1/s1. The summed E-state index contributed by atoms with van der Waals surface area (Å²) in [4.78, 5) is 0. The second kappa shape index (κ2) is 4.07. The van der Waals surface area contributed by atoms with Crippen molar-refractivity contribution in [1.29, 1.82) is 0 Å². The molecule has 0 bridgehead atoms. The largest absolute Gasteiger partial charge is 0.497 e. The summed E-state index contributed by atoms with van der Waals surface area (Å²) < 4.78 is 10.9. The van der Waals surface area contributed by atoms with Gasteiger partial charge in [-0.05, 0) is 30.2 Å². The maximum atomic E-state index is 5.79. The quantitative estimate of drug-likeness (QED) is 0.689. The zero-order chi connectivity index (χ0) is 10.8. The molecular weight excluding hydrogens is 188 g/mol. The number of hydrogen-bond acceptors (Lipinski definition) is 2. The van der Waals surface area contributed by atoms with Crippen molar-refractivity contribution in [3.05, 3.63) is 42.0 Å². The number of hydrogen-bond donors (Lipinski definition) is 0. The molecule has 1 aromatic carbocycles. The van der Waals surface area contributed by atoms with Crippen molar-refractivity contribution in [2.45, 2.75) is 25.6 Å². The molecule has 80 valence electrons. The second-order valence-electron chi connectivity index (χ2n) is 3.90. The molecule has 0 N–H and O–H groups in total. The first-order valence-corrected chi connectivity index (χ1v) is 5.18. The summed E-state index contributed by atoms with van der Waals surface area (Å²) in [5.74, 6) is 0.878. The predicted molar refractivity (Wildman–Crippen MR) is 60.0 cm³/mol. The first-order chi connectivity index (χ1) is 7.20. The summed E-state index contributed by atoms with van der Waals surface area (Å²) in [6.45, 7) is 6.04. The highest BCUT2D eigenvalue weighted by atomic mass is 16.5.